The molecule has 3 saturated heterocycles. The number of fused-ring (bicyclic) bond motifs is 1. The van der Waals surface area contributed by atoms with Crippen LogP contribution in [0, 0.1) is 11.8 Å². The van der Waals surface area contributed by atoms with Gasteiger partial charge in [-0.25, -0.2) is 0 Å². The van der Waals surface area contributed by atoms with Crippen LogP contribution in [0.1, 0.15) is 68.6 Å². The highest BCUT2D eigenvalue weighted by Gasteiger charge is 2.75. The Labute approximate surface area is 307 Å². The molecule has 3 fully saturated rings. The van der Waals surface area contributed by atoms with Crippen molar-refractivity contribution in [3.05, 3.63) is 97.1 Å². The Balaban J connectivity index is 1.46. The third-order valence-corrected chi connectivity index (χ3v) is 10.5. The number of likely N-dealkylation sites (tertiary alicyclic amines) is 1. The summed E-state index contributed by atoms with van der Waals surface area (Å²) in [6.07, 6.45) is 6.34. The molecule has 0 aliphatic carbocycles. The number of ether oxygens (including phenoxy) is 3. The van der Waals surface area contributed by atoms with E-state index >= 15 is 0 Å². The van der Waals surface area contributed by atoms with Crippen LogP contribution >= 0.6 is 0 Å². The first-order valence-electron chi connectivity index (χ1n) is 18.5. The minimum atomic E-state index is -1.20. The van der Waals surface area contributed by atoms with Crippen molar-refractivity contribution >= 4 is 23.7 Å². The van der Waals surface area contributed by atoms with Gasteiger partial charge in [0.15, 0.2) is 0 Å². The molecule has 2 N–H and O–H groups in total. The van der Waals surface area contributed by atoms with E-state index in [0.717, 1.165) is 18.4 Å². The Hall–Kier alpha value is -4.32. The predicted molar refractivity (Wildman–Crippen MR) is 195 cm³/mol. The number of nitrogens with zero attached hydrogens (tertiary/aromatic N) is 2. The average Bonchev–Trinajstić information content (AvgIpc) is 3.80. The zero-order valence-corrected chi connectivity index (χ0v) is 30.2. The summed E-state index contributed by atoms with van der Waals surface area (Å²) in [5, 5.41) is 12.3. The van der Waals surface area contributed by atoms with Crippen LogP contribution in [-0.4, -0.2) is 95.8 Å². The van der Waals surface area contributed by atoms with Gasteiger partial charge in [-0.05, 0) is 43.2 Å². The third kappa shape index (κ3) is 8.48. The third-order valence-electron chi connectivity index (χ3n) is 10.5. The second kappa shape index (κ2) is 18.4. The second-order valence-electron chi connectivity index (χ2n) is 13.9. The number of carbonyl (C=O) groups excluding carboxylic acids is 4. The number of aliphatic hydroxyl groups excluding tert-OH is 1. The van der Waals surface area contributed by atoms with Gasteiger partial charge in [0.2, 0.25) is 17.7 Å². The lowest BCUT2D eigenvalue weighted by atomic mass is 9.70. The molecular weight excluding hydrogens is 662 g/mol. The van der Waals surface area contributed by atoms with Gasteiger partial charge in [-0.3, -0.25) is 19.2 Å². The number of hydrogen-bond acceptors (Lipinski definition) is 8. The van der Waals surface area contributed by atoms with Gasteiger partial charge in [0, 0.05) is 39.8 Å². The maximum absolute atomic E-state index is 14.7. The molecule has 3 heterocycles. The number of aliphatic hydroxyl groups is 1. The molecule has 1 spiro atoms. The minimum Gasteiger partial charge on any atom is -0.455 e. The van der Waals surface area contributed by atoms with Crippen LogP contribution < -0.4 is 5.32 Å². The molecule has 280 valence electrons. The molecule has 52 heavy (non-hydrogen) atoms. The largest absolute Gasteiger partial charge is 0.455 e. The summed E-state index contributed by atoms with van der Waals surface area (Å²) in [4.78, 5) is 60.1. The van der Waals surface area contributed by atoms with Crippen molar-refractivity contribution in [1.29, 1.82) is 0 Å². The standard InChI is InChI=1S/C41H53N3O8/c1-4-6-21-33(46)42-31(28-50-3)36(30-19-13-10-14-20-30)51-40(49)34-32-22-23-41(52-32)35(34)38(47)44(25-15-7-8-16-26-45)37(41)39(48)43(24-5-2)27-29-17-11-9-12-18-29/h4-5,9-14,17-20,31-32,34-37,45H,1-2,6-8,15-16,21-28H2,3H3,(H,42,46)/t31-,32+,34-,35-,36-,37+,41-/m0/s1. The number of benzene rings is 2. The quantitative estimate of drug-likeness (QED) is 0.110. The Morgan fingerprint density at radius 3 is 2.44 bits per heavy atom. The van der Waals surface area contributed by atoms with Gasteiger partial charge in [0.05, 0.1) is 30.6 Å². The number of esters is 1. The van der Waals surface area contributed by atoms with Crippen LogP contribution in [0.5, 0.6) is 0 Å². The first-order chi connectivity index (χ1) is 25.3. The zero-order chi connectivity index (χ0) is 37.1. The molecule has 0 saturated carbocycles. The Morgan fingerprint density at radius 1 is 1.06 bits per heavy atom. The highest BCUT2D eigenvalue weighted by molar-refractivity contribution is 5.98. The van der Waals surface area contributed by atoms with E-state index in [-0.39, 0.29) is 43.9 Å². The molecule has 0 unspecified atom stereocenters. The van der Waals surface area contributed by atoms with Gasteiger partial charge in [0.1, 0.15) is 17.7 Å². The molecule has 5 rings (SSSR count). The molecule has 11 heteroatoms. The normalized spacial score (nSPS) is 24.2. The SMILES string of the molecule is C=CCCC(=O)N[C@@H](COC)[C@@H](OC(=O)[C@@H]1[C@H]2C(=O)N(CCCCCCO)[C@H](C(=O)N(CC=C)Cc3ccccc3)[C@]23CC[C@H]1O3)c1ccccc1. The summed E-state index contributed by atoms with van der Waals surface area (Å²) in [7, 11) is 1.51. The maximum Gasteiger partial charge on any atom is 0.313 e. The van der Waals surface area contributed by atoms with Gasteiger partial charge >= 0.3 is 5.97 Å². The van der Waals surface area contributed by atoms with Gasteiger partial charge in [0.25, 0.3) is 0 Å². The highest BCUT2D eigenvalue weighted by Crippen LogP contribution is 2.59. The molecule has 7 atom stereocenters. The van der Waals surface area contributed by atoms with E-state index in [1.54, 1.807) is 22.0 Å². The van der Waals surface area contributed by atoms with Crippen molar-refractivity contribution < 1.29 is 38.5 Å². The fourth-order valence-corrected chi connectivity index (χ4v) is 8.18. The molecule has 3 aliphatic rings. The van der Waals surface area contributed by atoms with Gasteiger partial charge in [-0.1, -0.05) is 85.7 Å². The number of allylic oxidation sites excluding steroid dienone is 1. The summed E-state index contributed by atoms with van der Waals surface area (Å²) < 4.78 is 18.5. The Kier molecular flexibility index (Phi) is 13.8. The molecule has 2 bridgehead atoms. The van der Waals surface area contributed by atoms with Crippen molar-refractivity contribution in [1.82, 2.24) is 15.1 Å². The minimum absolute atomic E-state index is 0.0742. The fourth-order valence-electron chi connectivity index (χ4n) is 8.18. The Bertz CT molecular complexity index is 1540. The summed E-state index contributed by atoms with van der Waals surface area (Å²) in [5.74, 6) is -3.22. The lowest BCUT2D eigenvalue weighted by Gasteiger charge is -2.37. The lowest BCUT2D eigenvalue weighted by molar-refractivity contribution is -0.163. The number of hydrogen-bond donors (Lipinski definition) is 2. The number of methoxy groups -OCH3 is 1. The summed E-state index contributed by atoms with van der Waals surface area (Å²) in [5.41, 5.74) is 0.410. The number of nitrogens with one attached hydrogen (secondary N) is 1. The van der Waals surface area contributed by atoms with Crippen LogP contribution in [-0.2, 0) is 39.9 Å². The first-order valence-corrected chi connectivity index (χ1v) is 18.5. The van der Waals surface area contributed by atoms with Crippen LogP contribution in [0.25, 0.3) is 0 Å². The van der Waals surface area contributed by atoms with E-state index in [2.05, 4.69) is 18.5 Å². The van der Waals surface area contributed by atoms with Gasteiger partial charge < -0.3 is 34.4 Å². The lowest BCUT2D eigenvalue weighted by Crippen LogP contribution is -2.56. The zero-order valence-electron chi connectivity index (χ0n) is 30.2. The van der Waals surface area contributed by atoms with Crippen molar-refractivity contribution in [3.63, 3.8) is 0 Å². The average molecular weight is 716 g/mol. The molecule has 0 aromatic heterocycles. The molecule has 11 nitrogen and oxygen atoms in total. The number of unbranched alkanes of at least 4 members (excludes halogenated alkanes) is 3. The van der Waals surface area contributed by atoms with Crippen LogP contribution in [0.3, 0.4) is 0 Å². The topological polar surface area (TPSA) is 135 Å². The van der Waals surface area contributed by atoms with E-state index in [1.807, 2.05) is 60.7 Å². The number of rotatable bonds is 21. The van der Waals surface area contributed by atoms with Crippen LogP contribution in [0.2, 0.25) is 0 Å². The molecule has 0 radical (unpaired) electrons. The van der Waals surface area contributed by atoms with Crippen molar-refractivity contribution in [2.75, 3.05) is 33.4 Å². The predicted octanol–water partition coefficient (Wildman–Crippen LogP) is 4.51. The van der Waals surface area contributed by atoms with Crippen molar-refractivity contribution in [3.8, 4) is 0 Å². The summed E-state index contributed by atoms with van der Waals surface area (Å²) >= 11 is 0. The van der Waals surface area contributed by atoms with Crippen molar-refractivity contribution in [2.24, 2.45) is 11.8 Å². The van der Waals surface area contributed by atoms with E-state index < -0.39 is 47.7 Å². The number of carbonyl (C=O) groups is 4. The smallest absolute Gasteiger partial charge is 0.313 e. The molecule has 2 aromatic carbocycles. The van der Waals surface area contributed by atoms with E-state index in [4.69, 9.17) is 14.2 Å². The van der Waals surface area contributed by atoms with E-state index in [0.29, 0.717) is 50.8 Å². The maximum atomic E-state index is 14.7. The van der Waals surface area contributed by atoms with Crippen molar-refractivity contribution in [2.45, 2.75) is 87.8 Å². The van der Waals surface area contributed by atoms with E-state index in [1.165, 1.54) is 7.11 Å². The van der Waals surface area contributed by atoms with Gasteiger partial charge in [-0.2, -0.15) is 0 Å². The molecule has 2 aromatic rings. The highest BCUT2D eigenvalue weighted by atomic mass is 16.6. The molecular formula is C41H53N3O8. The Morgan fingerprint density at radius 2 is 1.77 bits per heavy atom. The summed E-state index contributed by atoms with van der Waals surface area (Å²) in [6.45, 7) is 8.69. The molecule has 3 amide bonds. The van der Waals surface area contributed by atoms with Gasteiger partial charge in [-0.15, -0.1) is 13.2 Å². The monoisotopic (exact) mass is 715 g/mol. The second-order valence-corrected chi connectivity index (χ2v) is 13.9. The first kappa shape index (κ1) is 38.9. The fraction of sp³-hybridized carbons (Fsp3) is 0.512. The number of amides is 3. The van der Waals surface area contributed by atoms with Crippen LogP contribution in [0.4, 0.5) is 0 Å². The molecule has 3 aliphatic heterocycles. The summed E-state index contributed by atoms with van der Waals surface area (Å²) in [6, 6.07) is 17.2. The van der Waals surface area contributed by atoms with E-state index in [9.17, 15) is 24.3 Å². The van der Waals surface area contributed by atoms with Crippen LogP contribution in [0.15, 0.2) is 86.0 Å².